The van der Waals surface area contributed by atoms with E-state index in [0.717, 1.165) is 16.9 Å². The van der Waals surface area contributed by atoms with E-state index >= 15 is 0 Å². The average Bonchev–Trinajstić information content (AvgIpc) is 2.65. The number of hydrogen-bond donors (Lipinski definition) is 1. The summed E-state index contributed by atoms with van der Waals surface area (Å²) in [5.41, 5.74) is 2.74. The molecular formula is C19H22N4O2. The summed E-state index contributed by atoms with van der Waals surface area (Å²) >= 11 is 0. The van der Waals surface area contributed by atoms with Crippen molar-refractivity contribution in [3.8, 4) is 0 Å². The van der Waals surface area contributed by atoms with Gasteiger partial charge in [0.2, 0.25) is 0 Å². The zero-order chi connectivity index (χ0) is 17.8. The molecule has 1 aromatic carbocycles. The van der Waals surface area contributed by atoms with Gasteiger partial charge in [-0.2, -0.15) is 0 Å². The summed E-state index contributed by atoms with van der Waals surface area (Å²) in [5, 5.41) is 2.73. The molecule has 3 rings (SSSR count). The third-order valence-electron chi connectivity index (χ3n) is 4.59. The molecule has 25 heavy (non-hydrogen) atoms. The fraction of sp³-hybridized carbons (Fsp3) is 0.316. The van der Waals surface area contributed by atoms with E-state index < -0.39 is 11.8 Å². The summed E-state index contributed by atoms with van der Waals surface area (Å²) in [6, 6.07) is 11.4. The Labute approximate surface area is 147 Å². The first kappa shape index (κ1) is 17.0. The van der Waals surface area contributed by atoms with E-state index in [1.165, 1.54) is 0 Å². The molecule has 2 heterocycles. The number of carbonyl (C=O) groups excluding carboxylic acids is 2. The molecule has 6 heteroatoms. The molecular weight excluding hydrogens is 316 g/mol. The minimum Gasteiger partial charge on any atom is -0.353 e. The largest absolute Gasteiger partial charge is 0.353 e. The van der Waals surface area contributed by atoms with Gasteiger partial charge in [0.1, 0.15) is 5.82 Å². The molecule has 0 bridgehead atoms. The highest BCUT2D eigenvalue weighted by atomic mass is 16.2. The highest BCUT2D eigenvalue weighted by molar-refractivity contribution is 6.39. The summed E-state index contributed by atoms with van der Waals surface area (Å²) < 4.78 is 0. The molecule has 1 N–H and O–H groups in total. The lowest BCUT2D eigenvalue weighted by molar-refractivity contribution is -0.143. The van der Waals surface area contributed by atoms with Gasteiger partial charge in [0.15, 0.2) is 0 Å². The van der Waals surface area contributed by atoms with Gasteiger partial charge in [0.05, 0.1) is 0 Å². The Hall–Kier alpha value is -2.89. The number of pyridine rings is 1. The number of aromatic nitrogens is 1. The molecule has 0 aliphatic carbocycles. The second-order valence-electron chi connectivity index (χ2n) is 6.17. The van der Waals surface area contributed by atoms with Gasteiger partial charge in [-0.25, -0.2) is 4.98 Å². The number of aryl methyl sites for hydroxylation is 1. The molecule has 0 radical (unpaired) electrons. The van der Waals surface area contributed by atoms with Crippen LogP contribution in [0.1, 0.15) is 11.1 Å². The van der Waals surface area contributed by atoms with Crippen molar-refractivity contribution >= 4 is 23.3 Å². The molecule has 0 saturated carbocycles. The summed E-state index contributed by atoms with van der Waals surface area (Å²) in [6.07, 6.45) is 1.75. The van der Waals surface area contributed by atoms with Crippen LogP contribution in [0.25, 0.3) is 0 Å². The van der Waals surface area contributed by atoms with Crippen LogP contribution in [-0.2, 0) is 9.59 Å². The van der Waals surface area contributed by atoms with E-state index in [-0.39, 0.29) is 0 Å². The van der Waals surface area contributed by atoms with Crippen LogP contribution < -0.4 is 10.2 Å². The average molecular weight is 338 g/mol. The van der Waals surface area contributed by atoms with E-state index in [2.05, 4.69) is 15.2 Å². The first-order valence-corrected chi connectivity index (χ1v) is 8.38. The van der Waals surface area contributed by atoms with Gasteiger partial charge < -0.3 is 15.1 Å². The van der Waals surface area contributed by atoms with Crippen molar-refractivity contribution < 1.29 is 9.59 Å². The van der Waals surface area contributed by atoms with Crippen LogP contribution in [0.4, 0.5) is 11.5 Å². The van der Waals surface area contributed by atoms with Gasteiger partial charge in [0, 0.05) is 38.1 Å². The normalized spacial score (nSPS) is 14.3. The molecule has 0 unspecified atom stereocenters. The van der Waals surface area contributed by atoms with Crippen molar-refractivity contribution in [2.75, 3.05) is 36.4 Å². The highest BCUT2D eigenvalue weighted by Gasteiger charge is 2.26. The molecule has 6 nitrogen and oxygen atoms in total. The molecule has 0 spiro atoms. The monoisotopic (exact) mass is 338 g/mol. The van der Waals surface area contributed by atoms with Crippen molar-refractivity contribution in [3.05, 3.63) is 53.7 Å². The van der Waals surface area contributed by atoms with Crippen LogP contribution >= 0.6 is 0 Å². The van der Waals surface area contributed by atoms with Gasteiger partial charge in [0.25, 0.3) is 0 Å². The van der Waals surface area contributed by atoms with Gasteiger partial charge in [-0.1, -0.05) is 18.2 Å². The van der Waals surface area contributed by atoms with Crippen LogP contribution in [-0.4, -0.2) is 47.9 Å². The number of rotatable bonds is 2. The number of anilines is 2. The molecule has 0 atom stereocenters. The third kappa shape index (κ3) is 3.79. The minimum absolute atomic E-state index is 0.485. The van der Waals surface area contributed by atoms with Crippen molar-refractivity contribution in [1.82, 2.24) is 9.88 Å². The summed E-state index contributed by atoms with van der Waals surface area (Å²) in [6.45, 7) is 6.26. The van der Waals surface area contributed by atoms with Crippen LogP contribution in [0, 0.1) is 13.8 Å². The number of nitrogens with one attached hydrogen (secondary N) is 1. The molecule has 2 amide bonds. The van der Waals surface area contributed by atoms with Crippen molar-refractivity contribution in [2.24, 2.45) is 0 Å². The Bertz CT molecular complexity index is 768. The molecule has 1 saturated heterocycles. The van der Waals surface area contributed by atoms with Crippen molar-refractivity contribution in [1.29, 1.82) is 0 Å². The number of benzene rings is 1. The zero-order valence-electron chi connectivity index (χ0n) is 14.5. The van der Waals surface area contributed by atoms with Crippen LogP contribution in [0.3, 0.4) is 0 Å². The van der Waals surface area contributed by atoms with Gasteiger partial charge >= 0.3 is 11.8 Å². The number of hydrogen-bond acceptors (Lipinski definition) is 4. The topological polar surface area (TPSA) is 65.5 Å². The Morgan fingerprint density at radius 2 is 1.76 bits per heavy atom. The SMILES string of the molecule is Cc1cccc(NC(=O)C(=O)N2CCN(c3ccccn3)CC2)c1C. The van der Waals surface area contributed by atoms with E-state index in [1.54, 1.807) is 11.1 Å². The maximum Gasteiger partial charge on any atom is 0.313 e. The third-order valence-corrected chi connectivity index (χ3v) is 4.59. The predicted molar refractivity (Wildman–Crippen MR) is 97.6 cm³/mol. The van der Waals surface area contributed by atoms with Crippen LogP contribution in [0.5, 0.6) is 0 Å². The second-order valence-corrected chi connectivity index (χ2v) is 6.17. The summed E-state index contributed by atoms with van der Waals surface area (Å²) in [5.74, 6) is -0.170. The first-order valence-electron chi connectivity index (χ1n) is 8.38. The van der Waals surface area contributed by atoms with Gasteiger partial charge in [-0.05, 0) is 43.2 Å². The predicted octanol–water partition coefficient (Wildman–Crippen LogP) is 1.99. The zero-order valence-corrected chi connectivity index (χ0v) is 14.5. The molecule has 1 aliphatic heterocycles. The summed E-state index contributed by atoms with van der Waals surface area (Å²) in [4.78, 5) is 32.8. The van der Waals surface area contributed by atoms with Crippen molar-refractivity contribution in [2.45, 2.75) is 13.8 Å². The number of amides is 2. The van der Waals surface area contributed by atoms with E-state index in [9.17, 15) is 9.59 Å². The lowest BCUT2D eigenvalue weighted by Crippen LogP contribution is -2.51. The quantitative estimate of drug-likeness (QED) is 0.851. The maximum atomic E-state index is 12.4. The van der Waals surface area contributed by atoms with Crippen LogP contribution in [0.2, 0.25) is 0 Å². The molecule has 1 aromatic heterocycles. The lowest BCUT2D eigenvalue weighted by Gasteiger charge is -2.35. The Balaban J connectivity index is 1.59. The van der Waals surface area contributed by atoms with E-state index in [0.29, 0.717) is 31.9 Å². The number of piperazine rings is 1. The second kappa shape index (κ2) is 7.34. The van der Waals surface area contributed by atoms with Crippen LogP contribution in [0.15, 0.2) is 42.6 Å². The molecule has 1 aliphatic rings. The fourth-order valence-corrected chi connectivity index (χ4v) is 2.89. The smallest absolute Gasteiger partial charge is 0.313 e. The standard InChI is InChI=1S/C19H22N4O2/c1-14-6-5-7-16(15(14)2)21-18(24)19(25)23-12-10-22(11-13-23)17-8-3-4-9-20-17/h3-9H,10-13H2,1-2H3,(H,21,24). The maximum absolute atomic E-state index is 12.4. The first-order chi connectivity index (χ1) is 12.1. The lowest BCUT2D eigenvalue weighted by atomic mass is 10.1. The number of nitrogens with zero attached hydrogens (tertiary/aromatic N) is 3. The van der Waals surface area contributed by atoms with Gasteiger partial charge in [-0.3, -0.25) is 9.59 Å². The fourth-order valence-electron chi connectivity index (χ4n) is 2.89. The highest BCUT2D eigenvalue weighted by Crippen LogP contribution is 2.18. The minimum atomic E-state index is -0.583. The van der Waals surface area contributed by atoms with E-state index in [4.69, 9.17) is 0 Å². The molecule has 130 valence electrons. The Kier molecular flexibility index (Phi) is 4.97. The molecule has 2 aromatic rings. The Morgan fingerprint density at radius 1 is 1.00 bits per heavy atom. The van der Waals surface area contributed by atoms with Crippen molar-refractivity contribution in [3.63, 3.8) is 0 Å². The number of carbonyl (C=O) groups is 2. The van der Waals surface area contributed by atoms with Gasteiger partial charge in [-0.15, -0.1) is 0 Å². The van der Waals surface area contributed by atoms with E-state index in [1.807, 2.05) is 50.2 Å². The Morgan fingerprint density at radius 3 is 2.44 bits per heavy atom. The summed E-state index contributed by atoms with van der Waals surface area (Å²) in [7, 11) is 0. The molecule has 1 fully saturated rings.